The molecular weight excluding hydrogens is 266 g/mol. The molecule has 0 aromatic heterocycles. The Labute approximate surface area is 129 Å². The van der Waals surface area contributed by atoms with Crippen LogP contribution in [-0.2, 0) is 4.74 Å². The van der Waals surface area contributed by atoms with Crippen LogP contribution in [0.15, 0.2) is 0 Å². The standard InChI is InChI=1S/C16H31N3O2/c1-13(19-8-9-21-12-14(19)2)10-17-16(20)18(3)11-15-6-4-5-7-15/h13-15H,4-12H2,1-3H3,(H,17,20)/t13-,14+/m1/s1. The summed E-state index contributed by atoms with van der Waals surface area (Å²) in [4.78, 5) is 16.4. The van der Waals surface area contributed by atoms with Gasteiger partial charge in [-0.3, -0.25) is 4.90 Å². The van der Waals surface area contributed by atoms with E-state index in [4.69, 9.17) is 4.74 Å². The highest BCUT2D eigenvalue weighted by molar-refractivity contribution is 5.73. The van der Waals surface area contributed by atoms with E-state index in [2.05, 4.69) is 24.1 Å². The molecule has 1 saturated carbocycles. The fraction of sp³-hybridized carbons (Fsp3) is 0.938. The zero-order chi connectivity index (χ0) is 15.2. The van der Waals surface area contributed by atoms with Gasteiger partial charge in [0.1, 0.15) is 0 Å². The molecule has 21 heavy (non-hydrogen) atoms. The highest BCUT2D eigenvalue weighted by atomic mass is 16.5. The van der Waals surface area contributed by atoms with Crippen LogP contribution in [0.4, 0.5) is 4.79 Å². The molecule has 0 bridgehead atoms. The van der Waals surface area contributed by atoms with Gasteiger partial charge in [0.15, 0.2) is 0 Å². The topological polar surface area (TPSA) is 44.8 Å². The molecule has 122 valence electrons. The summed E-state index contributed by atoms with van der Waals surface area (Å²) in [5.74, 6) is 0.706. The number of hydrogen-bond acceptors (Lipinski definition) is 3. The summed E-state index contributed by atoms with van der Waals surface area (Å²) in [6.07, 6.45) is 5.21. The van der Waals surface area contributed by atoms with Crippen LogP contribution in [0.2, 0.25) is 0 Å². The molecular formula is C16H31N3O2. The first-order chi connectivity index (χ1) is 10.1. The highest BCUT2D eigenvalue weighted by Gasteiger charge is 2.24. The highest BCUT2D eigenvalue weighted by Crippen LogP contribution is 2.25. The van der Waals surface area contributed by atoms with Crippen molar-refractivity contribution in [2.75, 3.05) is 39.9 Å². The van der Waals surface area contributed by atoms with Gasteiger partial charge in [0.05, 0.1) is 13.2 Å². The first-order valence-corrected chi connectivity index (χ1v) is 8.40. The Bertz CT molecular complexity index is 331. The molecule has 0 aromatic rings. The van der Waals surface area contributed by atoms with Crippen LogP contribution < -0.4 is 5.32 Å². The van der Waals surface area contributed by atoms with Gasteiger partial charge < -0.3 is 15.0 Å². The Morgan fingerprint density at radius 1 is 1.43 bits per heavy atom. The van der Waals surface area contributed by atoms with E-state index < -0.39 is 0 Å². The lowest BCUT2D eigenvalue weighted by Gasteiger charge is -2.38. The van der Waals surface area contributed by atoms with Gasteiger partial charge in [0.2, 0.25) is 0 Å². The van der Waals surface area contributed by atoms with Crippen LogP contribution in [-0.4, -0.2) is 67.8 Å². The van der Waals surface area contributed by atoms with Crippen molar-refractivity contribution >= 4 is 6.03 Å². The zero-order valence-corrected chi connectivity index (χ0v) is 13.8. The van der Waals surface area contributed by atoms with Crippen molar-refractivity contribution < 1.29 is 9.53 Å². The number of urea groups is 1. The maximum absolute atomic E-state index is 12.2. The van der Waals surface area contributed by atoms with E-state index in [1.54, 1.807) is 0 Å². The molecule has 5 heteroatoms. The summed E-state index contributed by atoms with van der Waals surface area (Å²) in [6, 6.07) is 0.851. The Morgan fingerprint density at radius 3 is 2.81 bits per heavy atom. The number of nitrogens with zero attached hydrogens (tertiary/aromatic N) is 2. The van der Waals surface area contributed by atoms with Crippen molar-refractivity contribution in [3.05, 3.63) is 0 Å². The van der Waals surface area contributed by atoms with Gasteiger partial charge in [0.25, 0.3) is 0 Å². The number of carbonyl (C=O) groups excluding carboxylic acids is 1. The van der Waals surface area contributed by atoms with E-state index in [1.807, 2.05) is 11.9 Å². The van der Waals surface area contributed by atoms with E-state index in [0.717, 1.165) is 26.3 Å². The lowest BCUT2D eigenvalue weighted by Crippen LogP contribution is -2.53. The third kappa shape index (κ3) is 4.85. The lowest BCUT2D eigenvalue weighted by atomic mass is 10.1. The Hall–Kier alpha value is -0.810. The second kappa shape index (κ2) is 7.99. The molecule has 2 atom stereocenters. The third-order valence-electron chi connectivity index (χ3n) is 4.89. The smallest absolute Gasteiger partial charge is 0.317 e. The van der Waals surface area contributed by atoms with Crippen molar-refractivity contribution in [3.8, 4) is 0 Å². The van der Waals surface area contributed by atoms with Crippen LogP contribution in [0.1, 0.15) is 39.5 Å². The van der Waals surface area contributed by atoms with E-state index in [9.17, 15) is 4.79 Å². The number of morpholine rings is 1. The number of ether oxygens (including phenoxy) is 1. The monoisotopic (exact) mass is 297 g/mol. The minimum atomic E-state index is 0.0645. The number of carbonyl (C=O) groups is 1. The van der Waals surface area contributed by atoms with Crippen LogP contribution in [0.25, 0.3) is 0 Å². The minimum Gasteiger partial charge on any atom is -0.379 e. The number of nitrogens with one attached hydrogen (secondary N) is 1. The maximum atomic E-state index is 12.2. The molecule has 1 aliphatic carbocycles. The fourth-order valence-corrected chi connectivity index (χ4v) is 3.55. The lowest BCUT2D eigenvalue weighted by molar-refractivity contribution is -0.0177. The molecule has 5 nitrogen and oxygen atoms in total. The largest absolute Gasteiger partial charge is 0.379 e. The van der Waals surface area contributed by atoms with E-state index in [-0.39, 0.29) is 6.03 Å². The van der Waals surface area contributed by atoms with Crippen LogP contribution in [0, 0.1) is 5.92 Å². The SMILES string of the molecule is C[C@H](CNC(=O)N(C)CC1CCCC1)N1CCOC[C@@H]1C. The molecule has 2 amide bonds. The van der Waals surface area contributed by atoms with Gasteiger partial charge in [-0.15, -0.1) is 0 Å². The first kappa shape index (κ1) is 16.6. The normalized spacial score (nSPS) is 25.8. The van der Waals surface area contributed by atoms with Crippen LogP contribution in [0.3, 0.4) is 0 Å². The van der Waals surface area contributed by atoms with Crippen molar-refractivity contribution in [1.29, 1.82) is 0 Å². The van der Waals surface area contributed by atoms with E-state index in [0.29, 0.717) is 24.5 Å². The number of hydrogen-bond donors (Lipinski definition) is 1. The molecule has 0 unspecified atom stereocenters. The minimum absolute atomic E-state index is 0.0645. The van der Waals surface area contributed by atoms with Crippen molar-refractivity contribution in [2.24, 2.45) is 5.92 Å². The Balaban J connectivity index is 1.69. The number of amides is 2. The molecule has 0 aromatic carbocycles. The molecule has 1 saturated heterocycles. The predicted molar refractivity (Wildman–Crippen MR) is 84.4 cm³/mol. The van der Waals surface area contributed by atoms with Gasteiger partial charge in [-0.1, -0.05) is 12.8 Å². The first-order valence-electron chi connectivity index (χ1n) is 8.40. The molecule has 0 radical (unpaired) electrons. The molecule has 1 N–H and O–H groups in total. The van der Waals surface area contributed by atoms with Gasteiger partial charge in [-0.05, 0) is 32.6 Å². The summed E-state index contributed by atoms with van der Waals surface area (Å²) in [7, 11) is 1.91. The van der Waals surface area contributed by atoms with Crippen molar-refractivity contribution in [1.82, 2.24) is 15.1 Å². The average molecular weight is 297 g/mol. The van der Waals surface area contributed by atoms with Crippen molar-refractivity contribution in [3.63, 3.8) is 0 Å². The summed E-state index contributed by atoms with van der Waals surface area (Å²) in [5, 5.41) is 3.08. The average Bonchev–Trinajstić information content (AvgIpc) is 2.97. The number of rotatable bonds is 5. The Kier molecular flexibility index (Phi) is 6.30. The predicted octanol–water partition coefficient (Wildman–Crippen LogP) is 1.93. The summed E-state index contributed by atoms with van der Waals surface area (Å²) in [5.41, 5.74) is 0. The molecule has 2 fully saturated rings. The summed E-state index contributed by atoms with van der Waals surface area (Å²) in [6.45, 7) is 8.51. The zero-order valence-electron chi connectivity index (χ0n) is 13.8. The Morgan fingerprint density at radius 2 is 2.14 bits per heavy atom. The fourth-order valence-electron chi connectivity index (χ4n) is 3.55. The second-order valence-electron chi connectivity index (χ2n) is 6.73. The molecule has 1 heterocycles. The van der Waals surface area contributed by atoms with Gasteiger partial charge in [-0.2, -0.15) is 0 Å². The quantitative estimate of drug-likeness (QED) is 0.843. The second-order valence-corrected chi connectivity index (χ2v) is 6.73. The van der Waals surface area contributed by atoms with Gasteiger partial charge in [0, 0.05) is 38.8 Å². The van der Waals surface area contributed by atoms with Gasteiger partial charge in [-0.25, -0.2) is 4.79 Å². The third-order valence-corrected chi connectivity index (χ3v) is 4.89. The molecule has 1 aliphatic heterocycles. The van der Waals surface area contributed by atoms with Gasteiger partial charge >= 0.3 is 6.03 Å². The van der Waals surface area contributed by atoms with E-state index >= 15 is 0 Å². The molecule has 2 aliphatic rings. The van der Waals surface area contributed by atoms with Crippen molar-refractivity contribution in [2.45, 2.75) is 51.6 Å². The molecule has 2 rings (SSSR count). The maximum Gasteiger partial charge on any atom is 0.317 e. The summed E-state index contributed by atoms with van der Waals surface area (Å²) < 4.78 is 5.46. The van der Waals surface area contributed by atoms with Crippen LogP contribution in [0.5, 0.6) is 0 Å². The van der Waals surface area contributed by atoms with E-state index in [1.165, 1.54) is 25.7 Å². The summed E-state index contributed by atoms with van der Waals surface area (Å²) >= 11 is 0. The van der Waals surface area contributed by atoms with Crippen LogP contribution >= 0.6 is 0 Å². The molecule has 0 spiro atoms.